The second kappa shape index (κ2) is 7.15. The molecular formula is C17H20F2N2O3. The SMILES string of the molecule is O=C(Nc1ccc(OC(F)F)cc1)[C@H]1CC(=O)N(C2CCCC2)C1. The molecule has 24 heavy (non-hydrogen) atoms. The fourth-order valence-corrected chi connectivity index (χ4v) is 3.44. The van der Waals surface area contributed by atoms with Crippen LogP contribution in [0.3, 0.4) is 0 Å². The van der Waals surface area contributed by atoms with Crippen molar-refractivity contribution in [3.63, 3.8) is 0 Å². The van der Waals surface area contributed by atoms with Crippen molar-refractivity contribution in [2.24, 2.45) is 5.92 Å². The van der Waals surface area contributed by atoms with Gasteiger partial charge in [-0.2, -0.15) is 8.78 Å². The Morgan fingerprint density at radius 1 is 1.21 bits per heavy atom. The molecule has 3 rings (SSSR count). The van der Waals surface area contributed by atoms with Gasteiger partial charge in [0.1, 0.15) is 5.75 Å². The average Bonchev–Trinajstić information content (AvgIpc) is 3.17. The lowest BCUT2D eigenvalue weighted by atomic mass is 10.1. The smallest absolute Gasteiger partial charge is 0.387 e. The minimum atomic E-state index is -2.88. The molecule has 1 heterocycles. The van der Waals surface area contributed by atoms with Crippen LogP contribution in [-0.2, 0) is 9.59 Å². The molecule has 0 unspecified atom stereocenters. The van der Waals surface area contributed by atoms with Gasteiger partial charge in [-0.1, -0.05) is 12.8 Å². The van der Waals surface area contributed by atoms with Crippen molar-refractivity contribution in [2.75, 3.05) is 11.9 Å². The van der Waals surface area contributed by atoms with Crippen LogP contribution in [0.1, 0.15) is 32.1 Å². The lowest BCUT2D eigenvalue weighted by Crippen LogP contribution is -2.35. The zero-order chi connectivity index (χ0) is 17.1. The molecule has 0 bridgehead atoms. The van der Waals surface area contributed by atoms with Gasteiger partial charge in [0.15, 0.2) is 0 Å². The Kier molecular flexibility index (Phi) is 4.97. The van der Waals surface area contributed by atoms with E-state index in [1.807, 2.05) is 4.90 Å². The molecule has 1 saturated carbocycles. The summed E-state index contributed by atoms with van der Waals surface area (Å²) in [6.07, 6.45) is 4.54. The van der Waals surface area contributed by atoms with Crippen LogP contribution in [0.5, 0.6) is 5.75 Å². The number of ether oxygens (including phenoxy) is 1. The van der Waals surface area contributed by atoms with Gasteiger partial charge < -0.3 is 15.0 Å². The highest BCUT2D eigenvalue weighted by Crippen LogP contribution is 2.30. The molecule has 0 spiro atoms. The summed E-state index contributed by atoms with van der Waals surface area (Å²) in [6.45, 7) is -2.42. The van der Waals surface area contributed by atoms with Crippen LogP contribution in [0.25, 0.3) is 0 Å². The molecule has 130 valence electrons. The van der Waals surface area contributed by atoms with Crippen molar-refractivity contribution in [1.82, 2.24) is 4.90 Å². The lowest BCUT2D eigenvalue weighted by Gasteiger charge is -2.23. The van der Waals surface area contributed by atoms with E-state index < -0.39 is 6.61 Å². The maximum absolute atomic E-state index is 12.3. The minimum absolute atomic E-state index is 0.0338. The molecule has 1 atom stereocenters. The molecule has 2 fully saturated rings. The van der Waals surface area contributed by atoms with Gasteiger partial charge in [0.2, 0.25) is 11.8 Å². The zero-order valence-electron chi connectivity index (χ0n) is 13.2. The van der Waals surface area contributed by atoms with Crippen LogP contribution in [-0.4, -0.2) is 35.9 Å². The summed E-state index contributed by atoms with van der Waals surface area (Å²) in [4.78, 5) is 26.3. The summed E-state index contributed by atoms with van der Waals surface area (Å²) in [5.74, 6) is -0.504. The van der Waals surface area contributed by atoms with Crippen LogP contribution in [0, 0.1) is 5.92 Å². The maximum Gasteiger partial charge on any atom is 0.387 e. The Morgan fingerprint density at radius 3 is 2.50 bits per heavy atom. The van der Waals surface area contributed by atoms with Crippen molar-refractivity contribution in [2.45, 2.75) is 44.8 Å². The van der Waals surface area contributed by atoms with Gasteiger partial charge in [-0.3, -0.25) is 9.59 Å². The number of hydrogen-bond donors (Lipinski definition) is 1. The number of anilines is 1. The second-order valence-electron chi connectivity index (χ2n) is 6.28. The van der Waals surface area contributed by atoms with E-state index >= 15 is 0 Å². The van der Waals surface area contributed by atoms with Crippen LogP contribution < -0.4 is 10.1 Å². The van der Waals surface area contributed by atoms with Crippen molar-refractivity contribution >= 4 is 17.5 Å². The number of nitrogens with one attached hydrogen (secondary N) is 1. The monoisotopic (exact) mass is 338 g/mol. The molecule has 1 saturated heterocycles. The van der Waals surface area contributed by atoms with Crippen LogP contribution >= 0.6 is 0 Å². The van der Waals surface area contributed by atoms with E-state index in [-0.39, 0.29) is 35.9 Å². The van der Waals surface area contributed by atoms with E-state index in [1.165, 1.54) is 24.3 Å². The van der Waals surface area contributed by atoms with Crippen molar-refractivity contribution in [1.29, 1.82) is 0 Å². The van der Waals surface area contributed by atoms with E-state index in [9.17, 15) is 18.4 Å². The first kappa shape index (κ1) is 16.7. The van der Waals surface area contributed by atoms with E-state index in [0.717, 1.165) is 25.7 Å². The molecule has 2 amide bonds. The highest BCUT2D eigenvalue weighted by Gasteiger charge is 2.38. The quantitative estimate of drug-likeness (QED) is 0.898. The number of carbonyl (C=O) groups excluding carboxylic acids is 2. The number of amides is 2. The van der Waals surface area contributed by atoms with Gasteiger partial charge in [0.25, 0.3) is 0 Å². The molecular weight excluding hydrogens is 318 g/mol. The summed E-state index contributed by atoms with van der Waals surface area (Å²) in [5.41, 5.74) is 0.494. The van der Waals surface area contributed by atoms with Gasteiger partial charge in [0, 0.05) is 24.7 Å². The highest BCUT2D eigenvalue weighted by atomic mass is 19.3. The number of hydrogen-bond acceptors (Lipinski definition) is 3. The number of halogens is 2. The van der Waals surface area contributed by atoms with Crippen LogP contribution in [0.4, 0.5) is 14.5 Å². The van der Waals surface area contributed by atoms with E-state index in [4.69, 9.17) is 0 Å². The number of benzene rings is 1. The zero-order valence-corrected chi connectivity index (χ0v) is 13.2. The molecule has 0 aromatic heterocycles. The van der Waals surface area contributed by atoms with E-state index in [0.29, 0.717) is 12.2 Å². The number of nitrogens with zero attached hydrogens (tertiary/aromatic N) is 1. The molecule has 1 aromatic rings. The number of rotatable bonds is 5. The summed E-state index contributed by atoms with van der Waals surface area (Å²) in [6, 6.07) is 6.02. The molecule has 1 N–H and O–H groups in total. The molecule has 5 nitrogen and oxygen atoms in total. The summed E-state index contributed by atoms with van der Waals surface area (Å²) < 4.78 is 28.5. The standard InChI is InChI=1S/C17H20F2N2O3/c18-17(19)24-14-7-5-12(6-8-14)20-16(23)11-9-15(22)21(10-11)13-3-1-2-4-13/h5-8,11,13,17H,1-4,9-10H2,(H,20,23)/t11-/m0/s1. The fraction of sp³-hybridized carbons (Fsp3) is 0.529. The largest absolute Gasteiger partial charge is 0.435 e. The van der Waals surface area contributed by atoms with Crippen molar-refractivity contribution in [3.05, 3.63) is 24.3 Å². The third kappa shape index (κ3) is 3.83. The van der Waals surface area contributed by atoms with Crippen LogP contribution in [0.15, 0.2) is 24.3 Å². The number of likely N-dealkylation sites (tertiary alicyclic amines) is 1. The molecule has 1 aromatic carbocycles. The Balaban J connectivity index is 1.56. The second-order valence-corrected chi connectivity index (χ2v) is 6.28. The normalized spacial score (nSPS) is 21.5. The Bertz CT molecular complexity index is 600. The topological polar surface area (TPSA) is 58.6 Å². The molecule has 2 aliphatic rings. The number of carbonyl (C=O) groups is 2. The highest BCUT2D eigenvalue weighted by molar-refractivity contribution is 5.97. The minimum Gasteiger partial charge on any atom is -0.435 e. The van der Waals surface area contributed by atoms with E-state index in [1.54, 1.807) is 0 Å². The van der Waals surface area contributed by atoms with Crippen LogP contribution in [0.2, 0.25) is 0 Å². The first-order valence-electron chi connectivity index (χ1n) is 8.18. The van der Waals surface area contributed by atoms with Crippen molar-refractivity contribution < 1.29 is 23.1 Å². The predicted octanol–water partition coefficient (Wildman–Crippen LogP) is 3.02. The average molecular weight is 338 g/mol. The Morgan fingerprint density at radius 2 is 1.88 bits per heavy atom. The maximum atomic E-state index is 12.3. The Hall–Kier alpha value is -2.18. The summed E-state index contributed by atoms with van der Waals surface area (Å²) in [5, 5.41) is 2.74. The molecule has 0 radical (unpaired) electrons. The molecule has 1 aliphatic heterocycles. The summed E-state index contributed by atoms with van der Waals surface area (Å²) in [7, 11) is 0. The van der Waals surface area contributed by atoms with Gasteiger partial charge in [-0.15, -0.1) is 0 Å². The first-order chi connectivity index (χ1) is 11.5. The third-order valence-corrected chi connectivity index (χ3v) is 4.64. The number of alkyl halides is 2. The first-order valence-corrected chi connectivity index (χ1v) is 8.18. The lowest BCUT2D eigenvalue weighted by molar-refractivity contribution is -0.129. The third-order valence-electron chi connectivity index (χ3n) is 4.64. The predicted molar refractivity (Wildman–Crippen MR) is 83.8 cm³/mol. The summed E-state index contributed by atoms with van der Waals surface area (Å²) >= 11 is 0. The fourth-order valence-electron chi connectivity index (χ4n) is 3.44. The van der Waals surface area contributed by atoms with Gasteiger partial charge in [0.05, 0.1) is 5.92 Å². The van der Waals surface area contributed by atoms with Gasteiger partial charge >= 0.3 is 6.61 Å². The van der Waals surface area contributed by atoms with Gasteiger partial charge in [-0.05, 0) is 37.1 Å². The van der Waals surface area contributed by atoms with E-state index in [2.05, 4.69) is 10.1 Å². The Labute approximate surface area is 139 Å². The molecule has 1 aliphatic carbocycles. The van der Waals surface area contributed by atoms with Gasteiger partial charge in [-0.25, -0.2) is 0 Å². The van der Waals surface area contributed by atoms with Crippen molar-refractivity contribution in [3.8, 4) is 5.75 Å². The molecule has 7 heteroatoms.